The van der Waals surface area contributed by atoms with Gasteiger partial charge in [0.15, 0.2) is 24.6 Å². The van der Waals surface area contributed by atoms with Gasteiger partial charge in [0.05, 0.1) is 6.61 Å². The van der Waals surface area contributed by atoms with Crippen molar-refractivity contribution in [1.29, 1.82) is 0 Å². The number of aliphatic hydroxyl groups is 2. The first kappa shape index (κ1) is 68.9. The van der Waals surface area contributed by atoms with Crippen LogP contribution in [0.4, 0.5) is 0 Å². The molecule has 0 aromatic heterocycles. The quantitative estimate of drug-likeness (QED) is 0.0228. The van der Waals surface area contributed by atoms with Crippen LogP contribution >= 0.6 is 0 Å². The SMILES string of the molecule is CC/C=C\C/C=C\C/C=C\C/C=C\CCCCC(=O)OC(COC(=O)CCCCCCCCC/C=C\CCCCCCCC)COC1OC(C(=O)O)C(O)C(O)C1OC(=O)CCCCCCC/C=C\C/C=C\CCC. The smallest absolute Gasteiger partial charge is 0.335 e. The van der Waals surface area contributed by atoms with Crippen molar-refractivity contribution in [1.82, 2.24) is 0 Å². The van der Waals surface area contributed by atoms with Gasteiger partial charge in [-0.3, -0.25) is 14.4 Å². The zero-order valence-corrected chi connectivity index (χ0v) is 47.0. The summed E-state index contributed by atoms with van der Waals surface area (Å²) in [5.41, 5.74) is 0. The van der Waals surface area contributed by atoms with Crippen LogP contribution in [0.25, 0.3) is 0 Å². The Morgan fingerprint density at radius 1 is 0.453 bits per heavy atom. The van der Waals surface area contributed by atoms with Gasteiger partial charge in [-0.15, -0.1) is 0 Å². The number of rotatable bonds is 49. The lowest BCUT2D eigenvalue weighted by Gasteiger charge is -2.40. The molecule has 0 aliphatic carbocycles. The zero-order chi connectivity index (χ0) is 54.7. The highest BCUT2D eigenvalue weighted by Crippen LogP contribution is 2.26. The molecule has 6 unspecified atom stereocenters. The largest absolute Gasteiger partial charge is 0.479 e. The van der Waals surface area contributed by atoms with Crippen LogP contribution in [0.3, 0.4) is 0 Å². The van der Waals surface area contributed by atoms with E-state index in [9.17, 15) is 34.5 Å². The van der Waals surface area contributed by atoms with E-state index in [1.165, 1.54) is 57.8 Å². The Hall–Kier alpha value is -4.10. The fraction of sp³-hybridized carbons (Fsp3) is 0.714. The van der Waals surface area contributed by atoms with E-state index in [-0.39, 0.29) is 25.9 Å². The summed E-state index contributed by atoms with van der Waals surface area (Å²) in [5.74, 6) is -3.20. The maximum absolute atomic E-state index is 13.1. The predicted molar refractivity (Wildman–Crippen MR) is 303 cm³/mol. The Labute approximate surface area is 454 Å². The average Bonchev–Trinajstić information content (AvgIpc) is 3.39. The van der Waals surface area contributed by atoms with Crippen molar-refractivity contribution < 1.29 is 58.2 Å². The molecule has 1 fully saturated rings. The lowest BCUT2D eigenvalue weighted by atomic mass is 9.98. The van der Waals surface area contributed by atoms with Crippen molar-refractivity contribution in [2.75, 3.05) is 13.2 Å². The highest BCUT2D eigenvalue weighted by atomic mass is 16.7. The fourth-order valence-corrected chi connectivity index (χ4v) is 8.39. The molecule has 75 heavy (non-hydrogen) atoms. The Morgan fingerprint density at radius 3 is 1.37 bits per heavy atom. The summed E-state index contributed by atoms with van der Waals surface area (Å²) < 4.78 is 28.4. The first-order valence-corrected chi connectivity index (χ1v) is 29.6. The molecule has 1 rings (SSSR count). The molecule has 6 atom stereocenters. The number of esters is 3. The van der Waals surface area contributed by atoms with E-state index in [1.54, 1.807) is 0 Å². The molecular weight excluding hydrogens is 949 g/mol. The number of carbonyl (C=O) groups excluding carboxylic acids is 3. The van der Waals surface area contributed by atoms with Crippen LogP contribution in [0.1, 0.15) is 239 Å². The minimum atomic E-state index is -1.92. The fourth-order valence-electron chi connectivity index (χ4n) is 8.39. The van der Waals surface area contributed by atoms with Gasteiger partial charge < -0.3 is 39.0 Å². The summed E-state index contributed by atoms with van der Waals surface area (Å²) in [6.45, 7) is 5.76. The minimum absolute atomic E-state index is 0.0358. The van der Waals surface area contributed by atoms with Gasteiger partial charge in [-0.05, 0) is 109 Å². The summed E-state index contributed by atoms with van der Waals surface area (Å²) >= 11 is 0. The lowest BCUT2D eigenvalue weighted by molar-refractivity contribution is -0.301. The Morgan fingerprint density at radius 2 is 0.867 bits per heavy atom. The van der Waals surface area contributed by atoms with E-state index in [2.05, 4.69) is 106 Å². The molecule has 12 heteroatoms. The Kier molecular flexibility index (Phi) is 46.6. The summed E-state index contributed by atoms with van der Waals surface area (Å²) in [6.07, 6.45) is 52.7. The highest BCUT2D eigenvalue weighted by molar-refractivity contribution is 5.74. The van der Waals surface area contributed by atoms with Crippen LogP contribution in [0.15, 0.2) is 85.1 Å². The molecule has 3 N–H and O–H groups in total. The molecule has 0 amide bonds. The van der Waals surface area contributed by atoms with Gasteiger partial charge in [-0.25, -0.2) is 4.79 Å². The van der Waals surface area contributed by atoms with E-state index >= 15 is 0 Å². The third kappa shape index (κ3) is 40.8. The van der Waals surface area contributed by atoms with Crippen LogP contribution in [0.2, 0.25) is 0 Å². The molecule has 0 bridgehead atoms. The second-order valence-electron chi connectivity index (χ2n) is 19.9. The summed E-state index contributed by atoms with van der Waals surface area (Å²) in [4.78, 5) is 51.1. The standard InChI is InChI=1S/C63H104O12/c1-4-7-10-13-16-19-22-25-27-28-30-32-34-37-40-43-46-49-55(64)71-52-54(73-56(65)50-47-44-41-38-36-33-29-26-23-20-17-14-11-8-5-2)53-72-63-61(59(68)58(67)60(75-63)62(69)70)74-57(66)51-48-45-42-39-35-31-24-21-18-15-12-9-6-3/h8,11-12,15,17,20-21,24-27,29,36,38,54,58-61,63,67-68H,4-7,9-10,13-14,16,18-19,22-23,28,30-35,37,39-53H2,1-3H3,(H,69,70)/b11-8-,15-12-,20-17-,24-21-,27-25-,29-26-,38-36-. The number of hydrogen-bond acceptors (Lipinski definition) is 11. The van der Waals surface area contributed by atoms with Crippen LogP contribution in [-0.2, 0) is 42.9 Å². The summed E-state index contributed by atoms with van der Waals surface area (Å²) in [7, 11) is 0. The van der Waals surface area contributed by atoms with Crippen molar-refractivity contribution in [3.05, 3.63) is 85.1 Å². The molecule has 0 saturated carbocycles. The number of unbranched alkanes of at least 4 members (excludes halogenated alkanes) is 21. The number of aliphatic hydroxyl groups excluding tert-OH is 2. The van der Waals surface area contributed by atoms with Gasteiger partial charge >= 0.3 is 23.9 Å². The molecular formula is C63H104O12. The number of carboxylic acids is 1. The Bertz CT molecular complexity index is 1630. The third-order valence-corrected chi connectivity index (χ3v) is 12.9. The van der Waals surface area contributed by atoms with Crippen molar-refractivity contribution in [3.8, 4) is 0 Å². The maximum Gasteiger partial charge on any atom is 0.335 e. The van der Waals surface area contributed by atoms with Crippen molar-refractivity contribution >= 4 is 23.9 Å². The monoisotopic (exact) mass is 1050 g/mol. The molecule has 1 aliphatic heterocycles. The molecule has 1 heterocycles. The van der Waals surface area contributed by atoms with Crippen LogP contribution in [-0.4, -0.2) is 89.2 Å². The van der Waals surface area contributed by atoms with Gasteiger partial charge in [-0.2, -0.15) is 0 Å². The second-order valence-corrected chi connectivity index (χ2v) is 19.9. The molecule has 0 spiro atoms. The van der Waals surface area contributed by atoms with Gasteiger partial charge in [0.2, 0.25) is 0 Å². The van der Waals surface area contributed by atoms with Crippen LogP contribution in [0, 0.1) is 0 Å². The molecule has 428 valence electrons. The number of aliphatic carboxylic acids is 1. The number of carboxylic acid groups (broad SMARTS) is 1. The number of carbonyl (C=O) groups is 4. The first-order chi connectivity index (χ1) is 36.6. The van der Waals surface area contributed by atoms with Gasteiger partial charge in [-0.1, -0.05) is 196 Å². The second kappa shape index (κ2) is 50.7. The van der Waals surface area contributed by atoms with E-state index < -0.39 is 67.3 Å². The molecule has 0 aromatic rings. The van der Waals surface area contributed by atoms with Crippen LogP contribution < -0.4 is 0 Å². The minimum Gasteiger partial charge on any atom is -0.479 e. The van der Waals surface area contributed by atoms with E-state index in [0.29, 0.717) is 19.3 Å². The molecule has 0 aromatic carbocycles. The first-order valence-electron chi connectivity index (χ1n) is 29.6. The molecule has 0 radical (unpaired) electrons. The maximum atomic E-state index is 13.1. The lowest BCUT2D eigenvalue weighted by Crippen LogP contribution is -2.61. The molecule has 12 nitrogen and oxygen atoms in total. The normalized spacial score (nSPS) is 18.8. The Balaban J connectivity index is 2.73. The summed E-state index contributed by atoms with van der Waals surface area (Å²) in [6, 6.07) is 0. The number of ether oxygens (including phenoxy) is 5. The molecule has 1 aliphatic rings. The van der Waals surface area contributed by atoms with E-state index in [1.807, 2.05) is 0 Å². The van der Waals surface area contributed by atoms with Crippen molar-refractivity contribution in [2.24, 2.45) is 0 Å². The highest BCUT2D eigenvalue weighted by Gasteiger charge is 2.50. The number of hydrogen-bond donors (Lipinski definition) is 3. The van der Waals surface area contributed by atoms with E-state index in [4.69, 9.17) is 23.7 Å². The number of allylic oxidation sites excluding steroid dienone is 14. The van der Waals surface area contributed by atoms with E-state index in [0.717, 1.165) is 122 Å². The van der Waals surface area contributed by atoms with Crippen molar-refractivity contribution in [3.63, 3.8) is 0 Å². The third-order valence-electron chi connectivity index (χ3n) is 12.9. The molecule has 1 saturated heterocycles. The van der Waals surface area contributed by atoms with Crippen molar-refractivity contribution in [2.45, 2.75) is 276 Å². The average molecular weight is 1050 g/mol. The zero-order valence-electron chi connectivity index (χ0n) is 47.0. The van der Waals surface area contributed by atoms with Crippen LogP contribution in [0.5, 0.6) is 0 Å². The van der Waals surface area contributed by atoms with Gasteiger partial charge in [0.25, 0.3) is 0 Å². The van der Waals surface area contributed by atoms with Gasteiger partial charge in [0.1, 0.15) is 18.8 Å². The topological polar surface area (TPSA) is 175 Å². The summed E-state index contributed by atoms with van der Waals surface area (Å²) in [5, 5.41) is 31.4. The van der Waals surface area contributed by atoms with Gasteiger partial charge in [0, 0.05) is 19.3 Å². The predicted octanol–water partition coefficient (Wildman–Crippen LogP) is 15.1.